The molecule has 0 saturated carbocycles. The van der Waals surface area contributed by atoms with Crippen LogP contribution in [0.1, 0.15) is 36.8 Å². The fourth-order valence-electron chi connectivity index (χ4n) is 3.08. The van der Waals surface area contributed by atoms with Crippen LogP contribution in [0, 0.1) is 13.8 Å². The molecule has 1 atom stereocenters. The van der Waals surface area contributed by atoms with Gasteiger partial charge in [-0.1, -0.05) is 0 Å². The fourth-order valence-corrected chi connectivity index (χ4v) is 3.08. The number of hydrogen-bond acceptors (Lipinski definition) is 4. The molecule has 1 aliphatic heterocycles. The number of aryl methyl sites for hydroxylation is 2. The first-order chi connectivity index (χ1) is 10.5. The van der Waals surface area contributed by atoms with Gasteiger partial charge in [0.05, 0.1) is 11.7 Å². The van der Waals surface area contributed by atoms with Gasteiger partial charge in [0.2, 0.25) is 5.91 Å². The van der Waals surface area contributed by atoms with Crippen molar-refractivity contribution in [3.8, 4) is 0 Å². The Morgan fingerprint density at radius 1 is 1.41 bits per heavy atom. The van der Waals surface area contributed by atoms with Crippen LogP contribution in [0.4, 0.5) is 0 Å². The molecule has 3 heterocycles. The average molecular weight is 299 g/mol. The van der Waals surface area contributed by atoms with E-state index in [0.717, 1.165) is 36.5 Å². The Kier molecular flexibility index (Phi) is 3.68. The SMILES string of the molecule is Cc1cnn(CC(=O)N2CCC[C@]2(C)c2nccc(C)n2)c1. The molecular formula is C16H21N5O. The van der Waals surface area contributed by atoms with E-state index in [-0.39, 0.29) is 12.5 Å². The highest BCUT2D eigenvalue weighted by atomic mass is 16.2. The number of carbonyl (C=O) groups is 1. The van der Waals surface area contributed by atoms with E-state index in [9.17, 15) is 4.79 Å². The van der Waals surface area contributed by atoms with Crippen LogP contribution in [0.15, 0.2) is 24.7 Å². The van der Waals surface area contributed by atoms with Crippen molar-refractivity contribution < 1.29 is 4.79 Å². The first-order valence-corrected chi connectivity index (χ1v) is 7.59. The van der Waals surface area contributed by atoms with Crippen LogP contribution in [0.5, 0.6) is 0 Å². The molecule has 1 amide bonds. The van der Waals surface area contributed by atoms with Gasteiger partial charge in [0, 0.05) is 24.6 Å². The zero-order chi connectivity index (χ0) is 15.7. The summed E-state index contributed by atoms with van der Waals surface area (Å²) in [7, 11) is 0. The Labute approximate surface area is 130 Å². The topological polar surface area (TPSA) is 63.9 Å². The Bertz CT molecular complexity index is 695. The fraction of sp³-hybridized carbons (Fsp3) is 0.500. The van der Waals surface area contributed by atoms with Gasteiger partial charge in [0.15, 0.2) is 5.82 Å². The average Bonchev–Trinajstić information content (AvgIpc) is 3.06. The molecule has 0 N–H and O–H groups in total. The maximum absolute atomic E-state index is 12.7. The molecule has 6 nitrogen and oxygen atoms in total. The second-order valence-electron chi connectivity index (χ2n) is 6.16. The highest BCUT2D eigenvalue weighted by Crippen LogP contribution is 2.36. The van der Waals surface area contributed by atoms with Gasteiger partial charge in [0.1, 0.15) is 6.54 Å². The Morgan fingerprint density at radius 2 is 2.23 bits per heavy atom. The third-order valence-electron chi connectivity index (χ3n) is 4.28. The van der Waals surface area contributed by atoms with Crippen molar-refractivity contribution in [2.75, 3.05) is 6.54 Å². The van der Waals surface area contributed by atoms with E-state index in [2.05, 4.69) is 22.0 Å². The number of nitrogens with zero attached hydrogens (tertiary/aromatic N) is 5. The van der Waals surface area contributed by atoms with Crippen molar-refractivity contribution in [2.45, 2.75) is 45.7 Å². The molecule has 0 spiro atoms. The standard InChI is InChI=1S/C16H21N5O/c1-12-9-18-20(10-12)11-14(22)21-8-4-6-16(21,3)15-17-7-5-13(2)19-15/h5,7,9-10H,4,6,8,11H2,1-3H3/t16-/m1/s1. The van der Waals surface area contributed by atoms with Crippen molar-refractivity contribution >= 4 is 5.91 Å². The van der Waals surface area contributed by atoms with E-state index in [1.165, 1.54) is 0 Å². The van der Waals surface area contributed by atoms with Crippen molar-refractivity contribution in [3.05, 3.63) is 41.7 Å². The number of rotatable bonds is 3. The van der Waals surface area contributed by atoms with Crippen LogP contribution in [0.3, 0.4) is 0 Å². The minimum Gasteiger partial charge on any atom is -0.328 e. The Balaban J connectivity index is 1.84. The lowest BCUT2D eigenvalue weighted by Gasteiger charge is -2.34. The van der Waals surface area contributed by atoms with Gasteiger partial charge < -0.3 is 4.90 Å². The molecule has 2 aromatic rings. The zero-order valence-electron chi connectivity index (χ0n) is 13.3. The van der Waals surface area contributed by atoms with E-state index in [1.807, 2.05) is 31.0 Å². The van der Waals surface area contributed by atoms with E-state index in [0.29, 0.717) is 0 Å². The summed E-state index contributed by atoms with van der Waals surface area (Å²) in [5.41, 5.74) is 1.55. The molecule has 2 aromatic heterocycles. The number of likely N-dealkylation sites (tertiary alicyclic amines) is 1. The molecule has 1 fully saturated rings. The van der Waals surface area contributed by atoms with Crippen LogP contribution >= 0.6 is 0 Å². The summed E-state index contributed by atoms with van der Waals surface area (Å²) in [6, 6.07) is 1.88. The third kappa shape index (κ3) is 2.61. The van der Waals surface area contributed by atoms with Crippen LogP contribution in [-0.4, -0.2) is 37.1 Å². The molecule has 0 bridgehead atoms. The van der Waals surface area contributed by atoms with E-state index < -0.39 is 5.54 Å². The van der Waals surface area contributed by atoms with Crippen LogP contribution in [-0.2, 0) is 16.9 Å². The van der Waals surface area contributed by atoms with Gasteiger partial charge in [-0.15, -0.1) is 0 Å². The largest absolute Gasteiger partial charge is 0.328 e. The molecule has 1 aliphatic rings. The van der Waals surface area contributed by atoms with Crippen molar-refractivity contribution in [3.63, 3.8) is 0 Å². The smallest absolute Gasteiger partial charge is 0.245 e. The summed E-state index contributed by atoms with van der Waals surface area (Å²) in [5.74, 6) is 0.795. The summed E-state index contributed by atoms with van der Waals surface area (Å²) in [5, 5.41) is 4.20. The van der Waals surface area contributed by atoms with E-state index in [4.69, 9.17) is 0 Å². The quantitative estimate of drug-likeness (QED) is 0.867. The van der Waals surface area contributed by atoms with Gasteiger partial charge in [-0.05, 0) is 45.2 Å². The minimum atomic E-state index is -0.425. The summed E-state index contributed by atoms with van der Waals surface area (Å²) in [6.07, 6.45) is 7.27. The summed E-state index contributed by atoms with van der Waals surface area (Å²) >= 11 is 0. The minimum absolute atomic E-state index is 0.0632. The van der Waals surface area contributed by atoms with Gasteiger partial charge in [0.25, 0.3) is 0 Å². The Hall–Kier alpha value is -2.24. The number of carbonyl (C=O) groups excluding carboxylic acids is 1. The lowest BCUT2D eigenvalue weighted by Crippen LogP contribution is -2.45. The zero-order valence-corrected chi connectivity index (χ0v) is 13.3. The van der Waals surface area contributed by atoms with Gasteiger partial charge >= 0.3 is 0 Å². The van der Waals surface area contributed by atoms with Gasteiger partial charge in [-0.2, -0.15) is 5.10 Å². The number of amides is 1. The van der Waals surface area contributed by atoms with Crippen LogP contribution < -0.4 is 0 Å². The van der Waals surface area contributed by atoms with E-state index in [1.54, 1.807) is 17.1 Å². The Morgan fingerprint density at radius 3 is 2.91 bits per heavy atom. The van der Waals surface area contributed by atoms with Crippen molar-refractivity contribution in [1.29, 1.82) is 0 Å². The van der Waals surface area contributed by atoms with Crippen molar-refractivity contribution in [2.24, 2.45) is 0 Å². The molecule has 0 aliphatic carbocycles. The molecule has 22 heavy (non-hydrogen) atoms. The molecule has 1 saturated heterocycles. The highest BCUT2D eigenvalue weighted by molar-refractivity contribution is 5.77. The summed E-state index contributed by atoms with van der Waals surface area (Å²) in [4.78, 5) is 23.6. The second-order valence-corrected chi connectivity index (χ2v) is 6.16. The maximum atomic E-state index is 12.7. The maximum Gasteiger partial charge on any atom is 0.245 e. The molecule has 0 aromatic carbocycles. The second kappa shape index (κ2) is 5.51. The number of aromatic nitrogens is 4. The lowest BCUT2D eigenvalue weighted by molar-refractivity contribution is -0.136. The third-order valence-corrected chi connectivity index (χ3v) is 4.28. The van der Waals surface area contributed by atoms with Crippen LogP contribution in [0.2, 0.25) is 0 Å². The predicted octanol–water partition coefficient (Wildman–Crippen LogP) is 1.83. The van der Waals surface area contributed by atoms with Crippen molar-refractivity contribution in [1.82, 2.24) is 24.6 Å². The summed E-state index contributed by atoms with van der Waals surface area (Å²) in [6.45, 7) is 6.97. The summed E-state index contributed by atoms with van der Waals surface area (Å²) < 4.78 is 1.69. The molecule has 116 valence electrons. The highest BCUT2D eigenvalue weighted by Gasteiger charge is 2.43. The van der Waals surface area contributed by atoms with Gasteiger partial charge in [-0.25, -0.2) is 9.97 Å². The monoisotopic (exact) mass is 299 g/mol. The first kappa shape index (κ1) is 14.7. The van der Waals surface area contributed by atoms with Crippen LogP contribution in [0.25, 0.3) is 0 Å². The molecule has 3 rings (SSSR count). The van der Waals surface area contributed by atoms with Gasteiger partial charge in [-0.3, -0.25) is 9.48 Å². The molecule has 0 unspecified atom stereocenters. The molecule has 6 heteroatoms. The molecule has 0 radical (unpaired) electrons. The lowest BCUT2D eigenvalue weighted by atomic mass is 9.97. The normalized spacial score (nSPS) is 21.3. The number of hydrogen-bond donors (Lipinski definition) is 0. The first-order valence-electron chi connectivity index (χ1n) is 7.59. The predicted molar refractivity (Wildman–Crippen MR) is 82.0 cm³/mol. The molecular weight excluding hydrogens is 278 g/mol. The van der Waals surface area contributed by atoms with E-state index >= 15 is 0 Å².